The first-order chi connectivity index (χ1) is 45.7. The number of esters is 4. The molecule has 0 aliphatic heterocycles. The molecule has 0 rings (SSSR count). The normalized spacial score (nSPS) is 14.5. The van der Waals surface area contributed by atoms with E-state index in [4.69, 9.17) is 37.0 Å². The van der Waals surface area contributed by atoms with Gasteiger partial charge in [-0.15, -0.1) is 0 Å². The molecule has 0 aromatic heterocycles. The van der Waals surface area contributed by atoms with Crippen LogP contribution >= 0.6 is 15.6 Å². The van der Waals surface area contributed by atoms with Gasteiger partial charge in [-0.25, -0.2) is 9.13 Å². The third-order valence-corrected chi connectivity index (χ3v) is 17.2. The van der Waals surface area contributed by atoms with Crippen molar-refractivity contribution in [3.63, 3.8) is 0 Å². The van der Waals surface area contributed by atoms with E-state index in [0.29, 0.717) is 25.7 Å². The Morgan fingerprint density at radius 2 is 0.574 bits per heavy atom. The van der Waals surface area contributed by atoms with Crippen molar-refractivity contribution in [2.45, 2.75) is 329 Å². The molecule has 544 valence electrons. The fourth-order valence-electron chi connectivity index (χ4n) is 9.71. The molecule has 19 heteroatoms. The lowest BCUT2D eigenvalue weighted by Gasteiger charge is -2.21. The van der Waals surface area contributed by atoms with Gasteiger partial charge in [0.2, 0.25) is 0 Å². The maximum Gasteiger partial charge on any atom is 0.472 e. The van der Waals surface area contributed by atoms with E-state index >= 15 is 0 Å². The average molecular weight is 1370 g/mol. The Hall–Kier alpha value is -3.76. The molecule has 5 atom stereocenters. The van der Waals surface area contributed by atoms with Crippen molar-refractivity contribution in [2.24, 2.45) is 0 Å². The van der Waals surface area contributed by atoms with E-state index in [1.165, 1.54) is 77.0 Å². The van der Waals surface area contributed by atoms with E-state index in [2.05, 4.69) is 113 Å². The highest BCUT2D eigenvalue weighted by Crippen LogP contribution is 2.45. The van der Waals surface area contributed by atoms with Crippen LogP contribution in [0, 0.1) is 0 Å². The van der Waals surface area contributed by atoms with Gasteiger partial charge in [-0.1, -0.05) is 254 Å². The predicted octanol–water partition coefficient (Wildman–Crippen LogP) is 20.7. The molecule has 0 radical (unpaired) electrons. The number of phosphoric acid groups is 2. The van der Waals surface area contributed by atoms with Crippen LogP contribution in [0.4, 0.5) is 0 Å². The summed E-state index contributed by atoms with van der Waals surface area (Å²) in [6.45, 7) is 4.62. The Morgan fingerprint density at radius 3 is 0.936 bits per heavy atom. The summed E-state index contributed by atoms with van der Waals surface area (Å²) in [6.07, 6.45) is 67.3. The Kier molecular flexibility index (Phi) is 65.1. The second-order valence-electron chi connectivity index (χ2n) is 24.5. The highest BCUT2D eigenvalue weighted by molar-refractivity contribution is 7.47. The van der Waals surface area contributed by atoms with Crippen LogP contribution in [0.25, 0.3) is 0 Å². The smallest absolute Gasteiger partial charge is 0.462 e. The highest BCUT2D eigenvalue weighted by Gasteiger charge is 2.30. The number of hydrogen-bond donors (Lipinski definition) is 3. The van der Waals surface area contributed by atoms with E-state index in [9.17, 15) is 43.2 Å². The number of ether oxygens (including phenoxy) is 4. The van der Waals surface area contributed by atoms with Crippen LogP contribution in [-0.4, -0.2) is 96.7 Å². The molecular formula is C75H132O17P2. The van der Waals surface area contributed by atoms with Crippen LogP contribution < -0.4 is 0 Å². The Balaban J connectivity index is 5.36. The number of carbonyl (C=O) groups is 4. The molecule has 0 aromatic rings. The van der Waals surface area contributed by atoms with Gasteiger partial charge < -0.3 is 33.8 Å². The first kappa shape index (κ1) is 90.2. The Bertz CT molecular complexity index is 2120. The minimum Gasteiger partial charge on any atom is -0.462 e. The number of aliphatic hydroxyl groups excluding tert-OH is 1. The molecule has 0 spiro atoms. The lowest BCUT2D eigenvalue weighted by molar-refractivity contribution is -0.161. The molecule has 0 amide bonds. The van der Waals surface area contributed by atoms with Crippen LogP contribution in [0.3, 0.4) is 0 Å². The zero-order valence-corrected chi connectivity index (χ0v) is 60.9. The largest absolute Gasteiger partial charge is 0.472 e. The number of aliphatic hydroxyl groups is 1. The van der Waals surface area contributed by atoms with E-state index in [-0.39, 0.29) is 25.7 Å². The van der Waals surface area contributed by atoms with Gasteiger partial charge in [-0.2, -0.15) is 0 Å². The standard InChI is InChI=1S/C75H132O17P2/c1-5-9-13-17-21-25-29-33-34-38-40-44-48-52-56-60-73(78)86-66-71(92-75(80)62-58-54-50-46-42-37-32-28-24-20-16-12-8-4)68-90-94(83,84)88-64-69(76)63-87-93(81,82)89-67-70(91-74(79)61-57-53-49-45-41-36-31-27-23-19-15-11-7-3)65-85-72(77)59-55-51-47-43-39-35-30-26-22-18-14-10-6-2/h9,13,16,20-21,25-26,28,30,32-34,40,44,69-71,76H,5-8,10-12,14-15,17-19,22-24,27,29,31,35-39,41-43,45-68H2,1-4H3,(H,81,82)(H,83,84)/b13-9-,20-16-,25-21-,30-26-,32-28-,34-33-,44-40-. The number of rotatable bonds is 69. The summed E-state index contributed by atoms with van der Waals surface area (Å²) in [5.74, 6) is -2.23. The van der Waals surface area contributed by atoms with Gasteiger partial charge in [0.25, 0.3) is 0 Å². The molecule has 0 heterocycles. The molecule has 0 aliphatic carbocycles. The van der Waals surface area contributed by atoms with E-state index < -0.39 is 97.5 Å². The quantitative estimate of drug-likeness (QED) is 0.0169. The Morgan fingerprint density at radius 1 is 0.309 bits per heavy atom. The fraction of sp³-hybridized carbons (Fsp3) is 0.760. The number of allylic oxidation sites excluding steroid dienone is 14. The number of phosphoric ester groups is 2. The molecule has 0 fully saturated rings. The minimum absolute atomic E-state index is 0.0701. The van der Waals surface area contributed by atoms with Crippen LogP contribution in [-0.2, 0) is 65.4 Å². The molecule has 17 nitrogen and oxygen atoms in total. The third-order valence-electron chi connectivity index (χ3n) is 15.3. The first-order valence-corrected chi connectivity index (χ1v) is 39.8. The van der Waals surface area contributed by atoms with Gasteiger partial charge in [-0.05, 0) is 116 Å². The van der Waals surface area contributed by atoms with Crippen molar-refractivity contribution >= 4 is 39.5 Å². The summed E-state index contributed by atoms with van der Waals surface area (Å²) in [5, 5.41) is 10.6. The van der Waals surface area contributed by atoms with Crippen LogP contribution in [0.1, 0.15) is 310 Å². The minimum atomic E-state index is -4.98. The van der Waals surface area contributed by atoms with Crippen molar-refractivity contribution < 1.29 is 80.2 Å². The molecule has 0 saturated carbocycles. The van der Waals surface area contributed by atoms with Crippen molar-refractivity contribution in [1.29, 1.82) is 0 Å². The second-order valence-corrected chi connectivity index (χ2v) is 27.4. The van der Waals surface area contributed by atoms with Crippen molar-refractivity contribution in [2.75, 3.05) is 39.6 Å². The van der Waals surface area contributed by atoms with Gasteiger partial charge >= 0.3 is 39.5 Å². The number of carbonyl (C=O) groups excluding carboxylic acids is 4. The van der Waals surface area contributed by atoms with Crippen molar-refractivity contribution in [3.8, 4) is 0 Å². The summed E-state index contributed by atoms with van der Waals surface area (Å²) in [6, 6.07) is 0. The number of hydrogen-bond acceptors (Lipinski definition) is 15. The van der Waals surface area contributed by atoms with Gasteiger partial charge in [0, 0.05) is 25.7 Å². The zero-order chi connectivity index (χ0) is 69.0. The third kappa shape index (κ3) is 66.8. The summed E-state index contributed by atoms with van der Waals surface area (Å²) in [5.41, 5.74) is 0. The van der Waals surface area contributed by atoms with Crippen LogP contribution in [0.5, 0.6) is 0 Å². The van der Waals surface area contributed by atoms with E-state index in [1.807, 2.05) is 0 Å². The van der Waals surface area contributed by atoms with Crippen LogP contribution in [0.2, 0.25) is 0 Å². The topological polar surface area (TPSA) is 237 Å². The highest BCUT2D eigenvalue weighted by atomic mass is 31.2. The molecule has 94 heavy (non-hydrogen) atoms. The molecule has 5 unspecified atom stereocenters. The molecule has 0 saturated heterocycles. The van der Waals surface area contributed by atoms with Crippen molar-refractivity contribution in [3.05, 3.63) is 85.1 Å². The summed E-state index contributed by atoms with van der Waals surface area (Å²) in [7, 11) is -9.95. The number of unbranched alkanes of at least 4 members (excludes halogenated alkanes) is 29. The molecule has 0 aliphatic rings. The fourth-order valence-corrected chi connectivity index (χ4v) is 11.3. The van der Waals surface area contributed by atoms with Gasteiger partial charge in [0.15, 0.2) is 12.2 Å². The SMILES string of the molecule is CC/C=C\C/C=C\C/C=C\C/C=C\CCCCC(=O)OCC(COP(=O)(O)OCC(O)COP(=O)(O)OCC(COC(=O)CCCCCCC/C=C\CCCCCC)OC(=O)CCCCCCCCCCCCCCC)OC(=O)CCCCCCC/C=C\C/C=C\CCC. The maximum atomic E-state index is 13.0. The molecule has 0 aromatic carbocycles. The van der Waals surface area contributed by atoms with E-state index in [0.717, 1.165) is 154 Å². The van der Waals surface area contributed by atoms with Gasteiger partial charge in [0.05, 0.1) is 26.4 Å². The maximum absolute atomic E-state index is 13.0. The van der Waals surface area contributed by atoms with Gasteiger partial charge in [-0.3, -0.25) is 37.3 Å². The summed E-state index contributed by atoms with van der Waals surface area (Å²) in [4.78, 5) is 72.7. The average Bonchev–Trinajstić information content (AvgIpc) is 1.67. The zero-order valence-electron chi connectivity index (χ0n) is 59.1. The Labute approximate surface area is 570 Å². The van der Waals surface area contributed by atoms with Crippen molar-refractivity contribution in [1.82, 2.24) is 0 Å². The van der Waals surface area contributed by atoms with Gasteiger partial charge in [0.1, 0.15) is 19.3 Å². The predicted molar refractivity (Wildman–Crippen MR) is 381 cm³/mol. The first-order valence-electron chi connectivity index (χ1n) is 36.8. The molecular weight excluding hydrogens is 1230 g/mol. The summed E-state index contributed by atoms with van der Waals surface area (Å²) < 4.78 is 68.3. The van der Waals surface area contributed by atoms with E-state index in [1.54, 1.807) is 0 Å². The second kappa shape index (κ2) is 67.8. The van der Waals surface area contributed by atoms with Crippen LogP contribution in [0.15, 0.2) is 85.1 Å². The molecule has 3 N–H and O–H groups in total. The lowest BCUT2D eigenvalue weighted by atomic mass is 10.0. The lowest BCUT2D eigenvalue weighted by Crippen LogP contribution is -2.30. The summed E-state index contributed by atoms with van der Waals surface area (Å²) >= 11 is 0. The molecule has 0 bridgehead atoms. The monoisotopic (exact) mass is 1370 g/mol.